The van der Waals surface area contributed by atoms with Gasteiger partial charge >= 0.3 is 5.97 Å². The van der Waals surface area contributed by atoms with E-state index in [0.717, 1.165) is 45.6 Å². The lowest BCUT2D eigenvalue weighted by molar-refractivity contribution is 0.0459. The number of nitrogens with one attached hydrogen (secondary N) is 1. The number of hydrogen-bond donors (Lipinski definition) is 1. The smallest absolute Gasteiger partial charge is 0.338 e. The fourth-order valence-corrected chi connectivity index (χ4v) is 4.25. The maximum atomic E-state index is 12.0. The molecule has 0 fully saturated rings. The number of esters is 1. The molecule has 0 atom stereocenters. The van der Waals surface area contributed by atoms with Gasteiger partial charge in [-0.25, -0.2) is 9.78 Å². The minimum Gasteiger partial charge on any atom is -0.494 e. The lowest BCUT2D eigenvalue weighted by Crippen LogP contribution is -2.10. The van der Waals surface area contributed by atoms with Gasteiger partial charge < -0.3 is 14.5 Å². The first-order valence-electron chi connectivity index (χ1n) is 11.8. The molecule has 1 aromatic heterocycles. The molecule has 0 bridgehead atoms. The number of nitrogens with zero attached hydrogens (tertiary/aromatic N) is 1. The minimum atomic E-state index is -0.301. The Morgan fingerprint density at radius 1 is 0.914 bits per heavy atom. The van der Waals surface area contributed by atoms with E-state index in [1.807, 2.05) is 62.4 Å². The first-order valence-corrected chi connectivity index (χ1v) is 12.8. The third-order valence-electron chi connectivity index (χ3n) is 5.23. The first-order chi connectivity index (χ1) is 17.1. The lowest BCUT2D eigenvalue weighted by atomic mass is 10.1. The standard InChI is InChI=1S/C29H30N2O3S/c1-21(2)20-34-28(32)24-14-16-25(17-15-24)33-18-9-19-35-29-30-26(22-10-5-3-6-11-22)27(31-29)23-12-7-4-8-13-23/h3-8,10-17,21H,9,18-20H2,1-2H3,(H,30,31). The first kappa shape index (κ1) is 24.6. The highest BCUT2D eigenvalue weighted by Crippen LogP contribution is 2.32. The molecule has 0 aliphatic carbocycles. The van der Waals surface area contributed by atoms with Gasteiger partial charge in [0.15, 0.2) is 5.16 Å². The number of carbonyl (C=O) groups excluding carboxylic acids is 1. The van der Waals surface area contributed by atoms with Gasteiger partial charge in [0, 0.05) is 16.9 Å². The molecule has 4 aromatic rings. The minimum absolute atomic E-state index is 0.301. The summed E-state index contributed by atoms with van der Waals surface area (Å²) in [5, 5.41) is 0.895. The number of benzene rings is 3. The number of imidazole rings is 1. The molecule has 0 spiro atoms. The van der Waals surface area contributed by atoms with Crippen LogP contribution in [-0.4, -0.2) is 34.9 Å². The van der Waals surface area contributed by atoms with Gasteiger partial charge in [-0.05, 0) is 36.6 Å². The second kappa shape index (κ2) is 12.3. The fraction of sp³-hybridized carbons (Fsp3) is 0.241. The Morgan fingerprint density at radius 2 is 1.57 bits per heavy atom. The van der Waals surface area contributed by atoms with Crippen LogP contribution in [0.25, 0.3) is 22.5 Å². The lowest BCUT2D eigenvalue weighted by Gasteiger charge is -2.08. The van der Waals surface area contributed by atoms with E-state index in [-0.39, 0.29) is 5.97 Å². The van der Waals surface area contributed by atoms with Crippen LogP contribution in [0.1, 0.15) is 30.6 Å². The Kier molecular flexibility index (Phi) is 8.63. The van der Waals surface area contributed by atoms with Crippen LogP contribution in [0.5, 0.6) is 5.75 Å². The van der Waals surface area contributed by atoms with Crippen molar-refractivity contribution in [3.8, 4) is 28.3 Å². The van der Waals surface area contributed by atoms with Crippen LogP contribution in [0.4, 0.5) is 0 Å². The van der Waals surface area contributed by atoms with E-state index in [0.29, 0.717) is 24.7 Å². The van der Waals surface area contributed by atoms with Crippen molar-refractivity contribution in [2.75, 3.05) is 19.0 Å². The number of carbonyl (C=O) groups is 1. The van der Waals surface area contributed by atoms with E-state index in [1.165, 1.54) is 0 Å². The van der Waals surface area contributed by atoms with Crippen LogP contribution < -0.4 is 4.74 Å². The van der Waals surface area contributed by atoms with Crippen molar-refractivity contribution in [2.45, 2.75) is 25.4 Å². The van der Waals surface area contributed by atoms with Crippen LogP contribution >= 0.6 is 11.8 Å². The van der Waals surface area contributed by atoms with Crippen molar-refractivity contribution in [3.05, 3.63) is 90.5 Å². The Balaban J connectivity index is 1.30. The number of H-pyrrole nitrogens is 1. The molecule has 4 rings (SSSR count). The second-order valence-corrected chi connectivity index (χ2v) is 9.65. The zero-order valence-corrected chi connectivity index (χ0v) is 20.9. The highest BCUT2D eigenvalue weighted by molar-refractivity contribution is 7.99. The maximum Gasteiger partial charge on any atom is 0.338 e. The second-order valence-electron chi connectivity index (χ2n) is 8.56. The molecule has 1 N–H and O–H groups in total. The predicted molar refractivity (Wildman–Crippen MR) is 142 cm³/mol. The van der Waals surface area contributed by atoms with Crippen LogP contribution in [-0.2, 0) is 4.74 Å². The van der Waals surface area contributed by atoms with E-state index < -0.39 is 0 Å². The molecule has 0 amide bonds. The van der Waals surface area contributed by atoms with E-state index in [2.05, 4.69) is 29.2 Å². The molecular formula is C29H30N2O3S. The van der Waals surface area contributed by atoms with E-state index in [1.54, 1.807) is 23.9 Å². The van der Waals surface area contributed by atoms with Crippen molar-refractivity contribution in [1.29, 1.82) is 0 Å². The molecule has 1 heterocycles. The number of thioether (sulfide) groups is 1. The van der Waals surface area contributed by atoms with Gasteiger partial charge in [-0.3, -0.25) is 0 Å². The quantitative estimate of drug-likeness (QED) is 0.139. The van der Waals surface area contributed by atoms with E-state index in [4.69, 9.17) is 14.5 Å². The van der Waals surface area contributed by atoms with Crippen LogP contribution in [0, 0.1) is 5.92 Å². The molecule has 0 aliphatic heterocycles. The summed E-state index contributed by atoms with van der Waals surface area (Å²) >= 11 is 1.69. The monoisotopic (exact) mass is 486 g/mol. The van der Waals surface area contributed by atoms with Crippen LogP contribution in [0.15, 0.2) is 90.1 Å². The zero-order chi connectivity index (χ0) is 24.5. The van der Waals surface area contributed by atoms with Crippen LogP contribution in [0.2, 0.25) is 0 Å². The number of ether oxygens (including phenoxy) is 2. The predicted octanol–water partition coefficient (Wildman–Crippen LogP) is 7.12. The van der Waals surface area contributed by atoms with Gasteiger partial charge in [0.25, 0.3) is 0 Å². The van der Waals surface area contributed by atoms with Gasteiger partial charge in [0.05, 0.1) is 30.2 Å². The molecule has 0 unspecified atom stereocenters. The largest absolute Gasteiger partial charge is 0.494 e. The average molecular weight is 487 g/mol. The summed E-state index contributed by atoms with van der Waals surface area (Å²) in [6.45, 7) is 5.03. The van der Waals surface area contributed by atoms with Gasteiger partial charge in [-0.2, -0.15) is 0 Å². The number of hydrogen-bond acceptors (Lipinski definition) is 5. The third-order valence-corrected chi connectivity index (χ3v) is 6.19. The molecule has 6 heteroatoms. The number of aromatic amines is 1. The molecule has 0 aliphatic rings. The Labute approximate surface area is 210 Å². The SMILES string of the molecule is CC(C)COC(=O)c1ccc(OCCCSc2nc(-c3ccccc3)c(-c3ccccc3)[nH]2)cc1. The van der Waals surface area contributed by atoms with Crippen molar-refractivity contribution >= 4 is 17.7 Å². The molecular weight excluding hydrogens is 456 g/mol. The normalized spacial score (nSPS) is 10.9. The molecule has 0 saturated carbocycles. The maximum absolute atomic E-state index is 12.0. The van der Waals surface area contributed by atoms with Gasteiger partial charge in [0.2, 0.25) is 0 Å². The summed E-state index contributed by atoms with van der Waals surface area (Å²) in [7, 11) is 0. The Hall–Kier alpha value is -3.51. The highest BCUT2D eigenvalue weighted by atomic mass is 32.2. The molecule has 5 nitrogen and oxygen atoms in total. The molecule has 3 aromatic carbocycles. The van der Waals surface area contributed by atoms with Gasteiger partial charge in [0.1, 0.15) is 5.75 Å². The van der Waals surface area contributed by atoms with Crippen molar-refractivity contribution in [1.82, 2.24) is 9.97 Å². The van der Waals surface area contributed by atoms with Crippen molar-refractivity contribution in [3.63, 3.8) is 0 Å². The van der Waals surface area contributed by atoms with Gasteiger partial charge in [-0.15, -0.1) is 0 Å². The van der Waals surface area contributed by atoms with Crippen molar-refractivity contribution in [2.24, 2.45) is 5.92 Å². The van der Waals surface area contributed by atoms with Gasteiger partial charge in [-0.1, -0.05) is 86.3 Å². The highest BCUT2D eigenvalue weighted by Gasteiger charge is 2.14. The fourth-order valence-electron chi connectivity index (χ4n) is 3.47. The number of aromatic nitrogens is 2. The number of rotatable bonds is 11. The van der Waals surface area contributed by atoms with Crippen molar-refractivity contribution < 1.29 is 14.3 Å². The zero-order valence-electron chi connectivity index (χ0n) is 20.1. The third kappa shape index (κ3) is 6.99. The van der Waals surface area contributed by atoms with Crippen LogP contribution in [0.3, 0.4) is 0 Å². The summed E-state index contributed by atoms with van der Waals surface area (Å²) in [5.74, 6) is 1.63. The summed E-state index contributed by atoms with van der Waals surface area (Å²) in [4.78, 5) is 20.4. The average Bonchev–Trinajstić information content (AvgIpc) is 3.33. The van der Waals surface area contributed by atoms with E-state index >= 15 is 0 Å². The topological polar surface area (TPSA) is 64.2 Å². The summed E-state index contributed by atoms with van der Waals surface area (Å²) in [6, 6.07) is 27.6. The molecule has 180 valence electrons. The molecule has 0 radical (unpaired) electrons. The summed E-state index contributed by atoms with van der Waals surface area (Å²) in [5.41, 5.74) is 4.74. The van der Waals surface area contributed by atoms with E-state index in [9.17, 15) is 4.79 Å². The summed E-state index contributed by atoms with van der Waals surface area (Å²) < 4.78 is 11.1. The molecule has 0 saturated heterocycles. The molecule has 35 heavy (non-hydrogen) atoms. The Bertz CT molecular complexity index is 1150. The Morgan fingerprint density at radius 3 is 2.23 bits per heavy atom. The summed E-state index contributed by atoms with van der Waals surface area (Å²) in [6.07, 6.45) is 0.866.